The predicted octanol–water partition coefficient (Wildman–Crippen LogP) is 3.17. The Balaban J connectivity index is 2.50. The van der Waals surface area contributed by atoms with Crippen molar-refractivity contribution in [2.45, 2.75) is 40.0 Å². The minimum absolute atomic E-state index is 0.0251. The minimum Gasteiger partial charge on any atom is -0.372 e. The molecule has 0 saturated heterocycles. The number of nitrogens with one attached hydrogen (secondary N) is 1. The van der Waals surface area contributed by atoms with Crippen LogP contribution in [0.15, 0.2) is 29.4 Å². The van der Waals surface area contributed by atoms with E-state index in [2.05, 4.69) is 48.3 Å². The molecule has 0 fully saturated rings. The molecule has 0 saturated carbocycles. The van der Waals surface area contributed by atoms with Gasteiger partial charge in [0, 0.05) is 25.2 Å². The molecule has 0 aliphatic heterocycles. The Morgan fingerprint density at radius 2 is 1.85 bits per heavy atom. The van der Waals surface area contributed by atoms with Crippen molar-refractivity contribution in [1.82, 2.24) is 5.43 Å². The molecule has 0 aliphatic rings. The van der Waals surface area contributed by atoms with Gasteiger partial charge in [-0.15, -0.1) is 0 Å². The summed E-state index contributed by atoms with van der Waals surface area (Å²) < 4.78 is 0. The van der Waals surface area contributed by atoms with Gasteiger partial charge in [-0.2, -0.15) is 5.10 Å². The van der Waals surface area contributed by atoms with E-state index in [1.165, 1.54) is 5.69 Å². The molecule has 110 valence electrons. The average molecular weight is 275 g/mol. The SMILES string of the molecule is CCCCC(=O)N/N=C\c1ccc(N(CC)CC)cc1. The van der Waals surface area contributed by atoms with Gasteiger partial charge in [0.15, 0.2) is 0 Å². The molecule has 0 radical (unpaired) electrons. The highest BCUT2D eigenvalue weighted by molar-refractivity contribution is 5.82. The fraction of sp³-hybridized carbons (Fsp3) is 0.500. The van der Waals surface area contributed by atoms with Crippen molar-refractivity contribution in [1.29, 1.82) is 0 Å². The van der Waals surface area contributed by atoms with Crippen molar-refractivity contribution in [2.24, 2.45) is 5.10 Å². The summed E-state index contributed by atoms with van der Waals surface area (Å²) in [4.78, 5) is 13.7. The zero-order valence-corrected chi connectivity index (χ0v) is 12.7. The lowest BCUT2D eigenvalue weighted by molar-refractivity contribution is -0.121. The molecule has 0 aromatic heterocycles. The van der Waals surface area contributed by atoms with E-state index in [1.807, 2.05) is 12.1 Å². The van der Waals surface area contributed by atoms with E-state index < -0.39 is 0 Å². The summed E-state index contributed by atoms with van der Waals surface area (Å²) in [5, 5.41) is 3.97. The molecule has 1 aromatic rings. The van der Waals surface area contributed by atoms with Gasteiger partial charge >= 0.3 is 0 Å². The summed E-state index contributed by atoms with van der Waals surface area (Å²) in [5.41, 5.74) is 4.74. The van der Waals surface area contributed by atoms with Gasteiger partial charge in [-0.3, -0.25) is 4.79 Å². The lowest BCUT2D eigenvalue weighted by Crippen LogP contribution is -2.21. The summed E-state index contributed by atoms with van der Waals surface area (Å²) in [6.07, 6.45) is 4.13. The van der Waals surface area contributed by atoms with Crippen molar-refractivity contribution in [3.8, 4) is 0 Å². The molecule has 4 heteroatoms. The Hall–Kier alpha value is -1.84. The largest absolute Gasteiger partial charge is 0.372 e. The van der Waals surface area contributed by atoms with Crippen LogP contribution in [0.1, 0.15) is 45.6 Å². The first kappa shape index (κ1) is 16.2. The normalized spacial score (nSPS) is 10.8. The molecule has 0 heterocycles. The highest BCUT2D eigenvalue weighted by Gasteiger charge is 2.00. The van der Waals surface area contributed by atoms with Crippen LogP contribution < -0.4 is 10.3 Å². The van der Waals surface area contributed by atoms with E-state index in [1.54, 1.807) is 6.21 Å². The topological polar surface area (TPSA) is 44.7 Å². The number of amides is 1. The fourth-order valence-corrected chi connectivity index (χ4v) is 1.93. The number of hydrogen-bond acceptors (Lipinski definition) is 3. The lowest BCUT2D eigenvalue weighted by Gasteiger charge is -2.20. The number of rotatable bonds is 8. The van der Waals surface area contributed by atoms with Crippen LogP contribution in [0.5, 0.6) is 0 Å². The number of hydrazone groups is 1. The number of unbranched alkanes of at least 4 members (excludes halogenated alkanes) is 1. The molecule has 0 aliphatic carbocycles. The third-order valence-electron chi connectivity index (χ3n) is 3.18. The van der Waals surface area contributed by atoms with Crippen LogP contribution in [0.25, 0.3) is 0 Å². The molecule has 1 aromatic carbocycles. The van der Waals surface area contributed by atoms with Gasteiger partial charge in [-0.25, -0.2) is 5.43 Å². The van der Waals surface area contributed by atoms with Crippen LogP contribution in [-0.4, -0.2) is 25.2 Å². The molecule has 1 amide bonds. The highest BCUT2D eigenvalue weighted by Crippen LogP contribution is 2.13. The lowest BCUT2D eigenvalue weighted by atomic mass is 10.2. The van der Waals surface area contributed by atoms with Gasteiger partial charge in [-0.1, -0.05) is 25.5 Å². The van der Waals surface area contributed by atoms with Gasteiger partial charge in [0.05, 0.1) is 6.21 Å². The third kappa shape index (κ3) is 5.43. The first-order valence-electron chi connectivity index (χ1n) is 7.38. The Morgan fingerprint density at radius 3 is 2.40 bits per heavy atom. The molecule has 0 bridgehead atoms. The van der Waals surface area contributed by atoms with E-state index in [0.29, 0.717) is 6.42 Å². The van der Waals surface area contributed by atoms with E-state index in [9.17, 15) is 4.79 Å². The monoisotopic (exact) mass is 275 g/mol. The second kappa shape index (κ2) is 9.13. The maximum atomic E-state index is 11.4. The third-order valence-corrected chi connectivity index (χ3v) is 3.18. The van der Waals surface area contributed by atoms with Crippen LogP contribution in [0.3, 0.4) is 0 Å². The average Bonchev–Trinajstić information content (AvgIpc) is 2.48. The van der Waals surface area contributed by atoms with Gasteiger partial charge in [-0.05, 0) is 38.0 Å². The number of nitrogens with zero attached hydrogens (tertiary/aromatic N) is 2. The first-order chi connectivity index (χ1) is 9.71. The Kier molecular flexibility index (Phi) is 7.40. The molecular formula is C16H25N3O. The van der Waals surface area contributed by atoms with Gasteiger partial charge < -0.3 is 4.90 Å². The van der Waals surface area contributed by atoms with Crippen molar-refractivity contribution >= 4 is 17.8 Å². The first-order valence-corrected chi connectivity index (χ1v) is 7.38. The highest BCUT2D eigenvalue weighted by atomic mass is 16.2. The fourth-order valence-electron chi connectivity index (χ4n) is 1.93. The number of carbonyl (C=O) groups excluding carboxylic acids is 1. The molecule has 0 atom stereocenters. The molecule has 1 rings (SSSR count). The molecule has 0 unspecified atom stereocenters. The van der Waals surface area contributed by atoms with Crippen LogP contribution in [-0.2, 0) is 4.79 Å². The summed E-state index contributed by atoms with van der Waals surface area (Å²) >= 11 is 0. The number of benzene rings is 1. The van der Waals surface area contributed by atoms with Crippen LogP contribution in [0, 0.1) is 0 Å². The maximum absolute atomic E-state index is 11.4. The molecule has 0 spiro atoms. The van der Waals surface area contributed by atoms with Crippen LogP contribution in [0.2, 0.25) is 0 Å². The quantitative estimate of drug-likeness (QED) is 0.585. The molecule has 20 heavy (non-hydrogen) atoms. The van der Waals surface area contributed by atoms with Crippen LogP contribution in [0.4, 0.5) is 5.69 Å². The van der Waals surface area contributed by atoms with E-state index in [4.69, 9.17) is 0 Å². The summed E-state index contributed by atoms with van der Waals surface area (Å²) in [5.74, 6) is -0.0251. The van der Waals surface area contributed by atoms with Crippen molar-refractivity contribution in [3.63, 3.8) is 0 Å². The Labute approximate surface area is 121 Å². The van der Waals surface area contributed by atoms with E-state index >= 15 is 0 Å². The summed E-state index contributed by atoms with van der Waals surface area (Å²) in [6, 6.07) is 8.17. The second-order valence-electron chi connectivity index (χ2n) is 4.66. The molecular weight excluding hydrogens is 250 g/mol. The Morgan fingerprint density at radius 1 is 1.20 bits per heavy atom. The molecule has 4 nitrogen and oxygen atoms in total. The summed E-state index contributed by atoms with van der Waals surface area (Å²) in [6.45, 7) is 8.35. The van der Waals surface area contributed by atoms with Crippen molar-refractivity contribution in [2.75, 3.05) is 18.0 Å². The second-order valence-corrected chi connectivity index (χ2v) is 4.66. The van der Waals surface area contributed by atoms with Gasteiger partial charge in [0.2, 0.25) is 5.91 Å². The Bertz CT molecular complexity index is 422. The van der Waals surface area contributed by atoms with Gasteiger partial charge in [0.25, 0.3) is 0 Å². The van der Waals surface area contributed by atoms with Crippen molar-refractivity contribution < 1.29 is 4.79 Å². The minimum atomic E-state index is -0.0251. The number of carbonyl (C=O) groups is 1. The van der Waals surface area contributed by atoms with Crippen molar-refractivity contribution in [3.05, 3.63) is 29.8 Å². The van der Waals surface area contributed by atoms with E-state index in [0.717, 1.165) is 31.5 Å². The summed E-state index contributed by atoms with van der Waals surface area (Å²) in [7, 11) is 0. The standard InChI is InChI=1S/C16H25N3O/c1-4-7-8-16(20)18-17-13-14-9-11-15(12-10-14)19(5-2)6-3/h9-13H,4-8H2,1-3H3,(H,18,20)/b17-13-. The zero-order valence-electron chi connectivity index (χ0n) is 12.7. The van der Waals surface area contributed by atoms with Crippen LogP contribution >= 0.6 is 0 Å². The molecule has 1 N–H and O–H groups in total. The maximum Gasteiger partial charge on any atom is 0.240 e. The number of anilines is 1. The van der Waals surface area contributed by atoms with E-state index in [-0.39, 0.29) is 5.91 Å². The predicted molar refractivity (Wildman–Crippen MR) is 85.3 cm³/mol. The smallest absolute Gasteiger partial charge is 0.240 e. The zero-order chi connectivity index (χ0) is 14.8. The van der Waals surface area contributed by atoms with Gasteiger partial charge in [0.1, 0.15) is 0 Å². The number of hydrogen-bond donors (Lipinski definition) is 1.